The van der Waals surface area contributed by atoms with Gasteiger partial charge in [0, 0.05) is 31.1 Å². The minimum absolute atomic E-state index is 0.00261. The molecule has 0 aromatic rings. The van der Waals surface area contributed by atoms with Crippen LogP contribution in [0.25, 0.3) is 0 Å². The number of rotatable bonds is 1. The molecule has 1 unspecified atom stereocenters. The first-order valence-corrected chi connectivity index (χ1v) is 5.73. The predicted molar refractivity (Wildman–Crippen MR) is 60.4 cm³/mol. The molecule has 1 spiro atoms. The van der Waals surface area contributed by atoms with Gasteiger partial charge in [-0.1, -0.05) is 20.4 Å². The van der Waals surface area contributed by atoms with Gasteiger partial charge in [-0.2, -0.15) is 0 Å². The minimum Gasteiger partial charge on any atom is -0.341 e. The molecule has 4 heteroatoms. The van der Waals surface area contributed by atoms with E-state index in [2.05, 4.69) is 11.9 Å². The van der Waals surface area contributed by atoms with E-state index in [1.807, 2.05) is 18.7 Å². The quantitative estimate of drug-likeness (QED) is 0.716. The summed E-state index contributed by atoms with van der Waals surface area (Å²) in [6, 6.07) is 0. The Bertz CT molecular complexity index is 362. The van der Waals surface area contributed by atoms with E-state index in [0.717, 1.165) is 12.1 Å². The number of amides is 2. The zero-order valence-electron chi connectivity index (χ0n) is 9.88. The Morgan fingerprint density at radius 2 is 2.25 bits per heavy atom. The Hall–Kier alpha value is -1.32. The van der Waals surface area contributed by atoms with Gasteiger partial charge in [0.15, 0.2) is 0 Å². The van der Waals surface area contributed by atoms with Gasteiger partial charge in [-0.05, 0) is 6.42 Å². The Labute approximate surface area is 95.7 Å². The van der Waals surface area contributed by atoms with Crippen molar-refractivity contribution in [3.63, 3.8) is 0 Å². The monoisotopic (exact) mass is 222 g/mol. The molecule has 0 aromatic heterocycles. The molecule has 0 radical (unpaired) electrons. The second-order valence-electron chi connectivity index (χ2n) is 5.18. The van der Waals surface area contributed by atoms with E-state index in [1.54, 1.807) is 0 Å². The van der Waals surface area contributed by atoms with Crippen LogP contribution in [0.2, 0.25) is 0 Å². The summed E-state index contributed by atoms with van der Waals surface area (Å²) in [5.74, 6) is 0.182. The van der Waals surface area contributed by atoms with Crippen molar-refractivity contribution in [2.24, 2.45) is 11.3 Å². The van der Waals surface area contributed by atoms with Gasteiger partial charge < -0.3 is 10.2 Å². The van der Waals surface area contributed by atoms with E-state index < -0.39 is 0 Å². The highest BCUT2D eigenvalue weighted by atomic mass is 16.2. The number of carbonyl (C=O) groups excluding carboxylic acids is 2. The lowest BCUT2D eigenvalue weighted by Crippen LogP contribution is -2.38. The molecule has 2 heterocycles. The maximum atomic E-state index is 11.8. The summed E-state index contributed by atoms with van der Waals surface area (Å²) < 4.78 is 0. The van der Waals surface area contributed by atoms with Gasteiger partial charge >= 0.3 is 0 Å². The van der Waals surface area contributed by atoms with E-state index in [-0.39, 0.29) is 23.1 Å². The summed E-state index contributed by atoms with van der Waals surface area (Å²) in [7, 11) is 0. The van der Waals surface area contributed by atoms with Gasteiger partial charge in [-0.3, -0.25) is 9.59 Å². The second kappa shape index (κ2) is 3.61. The third-order valence-electron chi connectivity index (χ3n) is 3.48. The molecule has 2 aliphatic heterocycles. The van der Waals surface area contributed by atoms with E-state index in [4.69, 9.17) is 0 Å². The van der Waals surface area contributed by atoms with Crippen LogP contribution in [0, 0.1) is 11.3 Å². The van der Waals surface area contributed by atoms with Gasteiger partial charge in [0.1, 0.15) is 0 Å². The molecule has 1 N–H and O–H groups in total. The van der Waals surface area contributed by atoms with Crippen molar-refractivity contribution in [3.8, 4) is 0 Å². The number of hydrogen-bond acceptors (Lipinski definition) is 2. The lowest BCUT2D eigenvalue weighted by molar-refractivity contribution is -0.134. The highest BCUT2D eigenvalue weighted by Gasteiger charge is 2.49. The fraction of sp³-hybridized carbons (Fsp3) is 0.667. The lowest BCUT2D eigenvalue weighted by atomic mass is 9.85. The van der Waals surface area contributed by atoms with Crippen LogP contribution in [0.4, 0.5) is 0 Å². The van der Waals surface area contributed by atoms with Crippen LogP contribution >= 0.6 is 0 Å². The fourth-order valence-electron chi connectivity index (χ4n) is 2.58. The highest BCUT2D eigenvalue weighted by Crippen LogP contribution is 2.40. The van der Waals surface area contributed by atoms with Gasteiger partial charge in [0.05, 0.1) is 5.41 Å². The SMILES string of the molecule is C=C1CC2(CCN(C(=O)C(C)C)C2)C(=O)N1. The molecule has 2 amide bonds. The van der Waals surface area contributed by atoms with Crippen LogP contribution in [0.5, 0.6) is 0 Å². The Kier molecular flexibility index (Phi) is 2.52. The van der Waals surface area contributed by atoms with Crippen molar-refractivity contribution in [1.29, 1.82) is 0 Å². The molecule has 4 nitrogen and oxygen atoms in total. The second-order valence-corrected chi connectivity index (χ2v) is 5.18. The lowest BCUT2D eigenvalue weighted by Gasteiger charge is -2.22. The molecule has 2 aliphatic rings. The summed E-state index contributed by atoms with van der Waals surface area (Å²) in [4.78, 5) is 25.5. The van der Waals surface area contributed by atoms with Crippen molar-refractivity contribution in [3.05, 3.63) is 12.3 Å². The molecule has 0 aromatic carbocycles. The third kappa shape index (κ3) is 1.62. The topological polar surface area (TPSA) is 49.4 Å². The summed E-state index contributed by atoms with van der Waals surface area (Å²) in [5, 5.41) is 2.77. The smallest absolute Gasteiger partial charge is 0.232 e. The molecule has 1 atom stereocenters. The van der Waals surface area contributed by atoms with Crippen LogP contribution < -0.4 is 5.32 Å². The molecule has 2 rings (SSSR count). The maximum Gasteiger partial charge on any atom is 0.232 e. The molecule has 2 saturated heterocycles. The van der Waals surface area contributed by atoms with Crippen LogP contribution in [0.3, 0.4) is 0 Å². The fourth-order valence-corrected chi connectivity index (χ4v) is 2.58. The van der Waals surface area contributed by atoms with Crippen LogP contribution in [0.15, 0.2) is 12.3 Å². The number of likely N-dealkylation sites (tertiary alicyclic amines) is 1. The maximum absolute atomic E-state index is 11.8. The van der Waals surface area contributed by atoms with Gasteiger partial charge in [-0.25, -0.2) is 0 Å². The van der Waals surface area contributed by atoms with Crippen molar-refractivity contribution < 1.29 is 9.59 Å². The first-order valence-electron chi connectivity index (χ1n) is 5.73. The predicted octanol–water partition coefficient (Wildman–Crippen LogP) is 0.895. The van der Waals surface area contributed by atoms with E-state index in [9.17, 15) is 9.59 Å². The number of hydrogen-bond donors (Lipinski definition) is 1. The average molecular weight is 222 g/mol. The standard InChI is InChI=1S/C12H18N2O2/c1-8(2)10(15)14-5-4-12(7-14)6-9(3)13-11(12)16/h8H,3-7H2,1-2H3,(H,13,16). The van der Waals surface area contributed by atoms with E-state index in [1.165, 1.54) is 0 Å². The molecule has 88 valence electrons. The molecule has 16 heavy (non-hydrogen) atoms. The van der Waals surface area contributed by atoms with Crippen molar-refractivity contribution in [1.82, 2.24) is 10.2 Å². The molecule has 2 fully saturated rings. The normalized spacial score (nSPS) is 29.3. The third-order valence-corrected chi connectivity index (χ3v) is 3.48. The summed E-state index contributed by atoms with van der Waals surface area (Å²) in [6.45, 7) is 8.82. The summed E-state index contributed by atoms with van der Waals surface area (Å²) in [5.41, 5.74) is 0.394. The first kappa shape index (κ1) is 11.2. The summed E-state index contributed by atoms with van der Waals surface area (Å²) in [6.07, 6.45) is 1.43. The average Bonchev–Trinajstić information content (AvgIpc) is 2.72. The number of nitrogens with zero attached hydrogens (tertiary/aromatic N) is 1. The van der Waals surface area contributed by atoms with E-state index in [0.29, 0.717) is 19.5 Å². The molecule has 0 saturated carbocycles. The van der Waals surface area contributed by atoms with Crippen LogP contribution in [-0.4, -0.2) is 29.8 Å². The van der Waals surface area contributed by atoms with Crippen LogP contribution in [-0.2, 0) is 9.59 Å². The molecule has 0 aliphatic carbocycles. The minimum atomic E-state index is -0.387. The summed E-state index contributed by atoms with van der Waals surface area (Å²) >= 11 is 0. The van der Waals surface area contributed by atoms with Crippen molar-refractivity contribution >= 4 is 11.8 Å². The number of allylic oxidation sites excluding steroid dienone is 1. The Morgan fingerprint density at radius 3 is 2.75 bits per heavy atom. The van der Waals surface area contributed by atoms with Gasteiger partial charge in [0.2, 0.25) is 11.8 Å². The highest BCUT2D eigenvalue weighted by molar-refractivity contribution is 5.89. The van der Waals surface area contributed by atoms with Gasteiger partial charge in [0.25, 0.3) is 0 Å². The Morgan fingerprint density at radius 1 is 1.56 bits per heavy atom. The van der Waals surface area contributed by atoms with Crippen LogP contribution in [0.1, 0.15) is 26.7 Å². The van der Waals surface area contributed by atoms with Gasteiger partial charge in [-0.15, -0.1) is 0 Å². The van der Waals surface area contributed by atoms with Crippen molar-refractivity contribution in [2.45, 2.75) is 26.7 Å². The number of carbonyl (C=O) groups is 2. The molecular weight excluding hydrogens is 204 g/mol. The molecular formula is C12H18N2O2. The van der Waals surface area contributed by atoms with E-state index >= 15 is 0 Å². The zero-order chi connectivity index (χ0) is 11.9. The number of nitrogens with one attached hydrogen (secondary N) is 1. The first-order chi connectivity index (χ1) is 7.44. The van der Waals surface area contributed by atoms with Crippen molar-refractivity contribution in [2.75, 3.05) is 13.1 Å². The Balaban J connectivity index is 2.11. The largest absolute Gasteiger partial charge is 0.341 e. The zero-order valence-corrected chi connectivity index (χ0v) is 9.88. The molecule has 0 bridgehead atoms.